The van der Waals surface area contributed by atoms with E-state index in [1.165, 1.54) is 0 Å². The third-order valence-electron chi connectivity index (χ3n) is 1.67. The second-order valence-electron chi connectivity index (χ2n) is 2.60. The summed E-state index contributed by atoms with van der Waals surface area (Å²) < 4.78 is 4.96. The Morgan fingerprint density at radius 2 is 2.33 bits per heavy atom. The lowest BCUT2D eigenvalue weighted by molar-refractivity contribution is 0.206. The van der Waals surface area contributed by atoms with E-state index in [2.05, 4.69) is 9.88 Å². The summed E-state index contributed by atoms with van der Waals surface area (Å²) in [4.78, 5) is 6.26. The van der Waals surface area contributed by atoms with Crippen molar-refractivity contribution in [3.63, 3.8) is 0 Å². The van der Waals surface area contributed by atoms with E-state index in [9.17, 15) is 0 Å². The Hall–Kier alpha value is -1.09. The van der Waals surface area contributed by atoms with E-state index in [1.54, 1.807) is 13.3 Å². The molecule has 66 valence electrons. The van der Waals surface area contributed by atoms with E-state index in [-0.39, 0.29) is 0 Å². The van der Waals surface area contributed by atoms with Gasteiger partial charge in [-0.2, -0.15) is 0 Å². The van der Waals surface area contributed by atoms with Crippen LogP contribution in [-0.4, -0.2) is 32.3 Å². The van der Waals surface area contributed by atoms with Gasteiger partial charge in [-0.1, -0.05) is 6.07 Å². The van der Waals surface area contributed by atoms with Gasteiger partial charge in [0.15, 0.2) is 0 Å². The Bertz CT molecular complexity index is 213. The van der Waals surface area contributed by atoms with E-state index in [4.69, 9.17) is 4.74 Å². The molecule has 0 aliphatic carbocycles. The molecule has 0 fully saturated rings. The first-order chi connectivity index (χ1) is 5.84. The summed E-state index contributed by atoms with van der Waals surface area (Å²) in [7, 11) is 3.70. The smallest absolute Gasteiger partial charge is 0.128 e. The van der Waals surface area contributed by atoms with E-state index < -0.39 is 0 Å². The van der Waals surface area contributed by atoms with Gasteiger partial charge in [-0.15, -0.1) is 0 Å². The highest BCUT2D eigenvalue weighted by Crippen LogP contribution is 2.05. The standard InChI is InChI=1S/C9H14N2O/c1-11(7-8-12-2)9-5-3-4-6-10-9/h3-6H,7-8H2,1-2H3. The third kappa shape index (κ3) is 2.51. The molecular formula is C9H14N2O. The molecule has 0 saturated heterocycles. The highest BCUT2D eigenvalue weighted by Gasteiger charge is 1.98. The molecule has 0 N–H and O–H groups in total. The van der Waals surface area contributed by atoms with Crippen LogP contribution < -0.4 is 4.90 Å². The molecule has 1 rings (SSSR count). The average Bonchev–Trinajstić information content (AvgIpc) is 2.15. The predicted molar refractivity (Wildman–Crippen MR) is 49.4 cm³/mol. The van der Waals surface area contributed by atoms with Gasteiger partial charge in [-0.3, -0.25) is 0 Å². The van der Waals surface area contributed by atoms with Gasteiger partial charge in [0.25, 0.3) is 0 Å². The van der Waals surface area contributed by atoms with Crippen molar-refractivity contribution in [3.05, 3.63) is 24.4 Å². The third-order valence-corrected chi connectivity index (χ3v) is 1.67. The van der Waals surface area contributed by atoms with Gasteiger partial charge >= 0.3 is 0 Å². The SMILES string of the molecule is COCCN(C)c1ccccn1. The van der Waals surface area contributed by atoms with Gasteiger partial charge < -0.3 is 9.64 Å². The van der Waals surface area contributed by atoms with Crippen LogP contribution in [0, 0.1) is 0 Å². The van der Waals surface area contributed by atoms with Crippen LogP contribution in [0.3, 0.4) is 0 Å². The molecule has 0 amide bonds. The number of nitrogens with zero attached hydrogens (tertiary/aromatic N) is 2. The molecule has 3 nitrogen and oxygen atoms in total. The fourth-order valence-corrected chi connectivity index (χ4v) is 0.922. The van der Waals surface area contributed by atoms with E-state index in [1.807, 2.05) is 25.2 Å². The fourth-order valence-electron chi connectivity index (χ4n) is 0.922. The van der Waals surface area contributed by atoms with Gasteiger partial charge in [-0.05, 0) is 12.1 Å². The van der Waals surface area contributed by atoms with E-state index >= 15 is 0 Å². The first-order valence-electron chi connectivity index (χ1n) is 3.95. The molecule has 3 heteroatoms. The van der Waals surface area contributed by atoms with Gasteiger partial charge in [0.2, 0.25) is 0 Å². The van der Waals surface area contributed by atoms with Crippen LogP contribution in [0.1, 0.15) is 0 Å². The zero-order valence-corrected chi connectivity index (χ0v) is 7.53. The molecule has 0 saturated carbocycles. The highest BCUT2D eigenvalue weighted by molar-refractivity contribution is 5.36. The molecule has 1 aromatic heterocycles. The lowest BCUT2D eigenvalue weighted by Gasteiger charge is -2.16. The maximum Gasteiger partial charge on any atom is 0.128 e. The van der Waals surface area contributed by atoms with Crippen LogP contribution in [0.25, 0.3) is 0 Å². The minimum atomic E-state index is 0.729. The minimum Gasteiger partial charge on any atom is -0.383 e. The van der Waals surface area contributed by atoms with Crippen molar-refractivity contribution >= 4 is 5.82 Å². The molecule has 0 spiro atoms. The Kier molecular flexibility index (Phi) is 3.54. The van der Waals surface area contributed by atoms with Crippen molar-refractivity contribution in [2.45, 2.75) is 0 Å². The first-order valence-corrected chi connectivity index (χ1v) is 3.95. The summed E-state index contributed by atoms with van der Waals surface area (Å²) in [5.74, 6) is 0.981. The number of hydrogen-bond acceptors (Lipinski definition) is 3. The van der Waals surface area contributed by atoms with Crippen LogP contribution in [0.2, 0.25) is 0 Å². The van der Waals surface area contributed by atoms with Crippen molar-refractivity contribution in [1.29, 1.82) is 0 Å². The molecule has 12 heavy (non-hydrogen) atoms. The van der Waals surface area contributed by atoms with E-state index in [0.717, 1.165) is 19.0 Å². The summed E-state index contributed by atoms with van der Waals surface area (Å²) in [5, 5.41) is 0. The quantitative estimate of drug-likeness (QED) is 0.671. The normalized spacial score (nSPS) is 9.83. The maximum atomic E-state index is 4.96. The number of anilines is 1. The second-order valence-corrected chi connectivity index (χ2v) is 2.60. The molecule has 0 radical (unpaired) electrons. The Morgan fingerprint density at radius 3 is 2.92 bits per heavy atom. The van der Waals surface area contributed by atoms with Crippen molar-refractivity contribution < 1.29 is 4.74 Å². The second kappa shape index (κ2) is 4.72. The number of hydrogen-bond donors (Lipinski definition) is 0. The van der Waals surface area contributed by atoms with Crippen LogP contribution in [0.4, 0.5) is 5.82 Å². The number of methoxy groups -OCH3 is 1. The monoisotopic (exact) mass is 166 g/mol. The highest BCUT2D eigenvalue weighted by atomic mass is 16.5. The Morgan fingerprint density at radius 1 is 1.50 bits per heavy atom. The molecule has 0 unspecified atom stereocenters. The molecule has 0 aliphatic heterocycles. The fraction of sp³-hybridized carbons (Fsp3) is 0.444. The number of pyridine rings is 1. The summed E-state index contributed by atoms with van der Waals surface area (Å²) >= 11 is 0. The maximum absolute atomic E-state index is 4.96. The number of likely N-dealkylation sites (N-methyl/N-ethyl adjacent to an activating group) is 1. The van der Waals surface area contributed by atoms with Crippen LogP contribution in [0.15, 0.2) is 24.4 Å². The van der Waals surface area contributed by atoms with Crippen molar-refractivity contribution in [2.24, 2.45) is 0 Å². The van der Waals surface area contributed by atoms with Gasteiger partial charge in [0.1, 0.15) is 5.82 Å². The summed E-state index contributed by atoms with van der Waals surface area (Å²) in [5.41, 5.74) is 0. The molecule has 0 atom stereocenters. The van der Waals surface area contributed by atoms with Crippen molar-refractivity contribution in [3.8, 4) is 0 Å². The zero-order chi connectivity index (χ0) is 8.81. The largest absolute Gasteiger partial charge is 0.383 e. The Labute approximate surface area is 73.0 Å². The summed E-state index contributed by atoms with van der Waals surface area (Å²) in [6.07, 6.45) is 1.79. The molecular weight excluding hydrogens is 152 g/mol. The van der Waals surface area contributed by atoms with Gasteiger partial charge in [0, 0.05) is 26.9 Å². The molecule has 0 bridgehead atoms. The summed E-state index contributed by atoms with van der Waals surface area (Å²) in [6.45, 7) is 1.60. The average molecular weight is 166 g/mol. The van der Waals surface area contributed by atoms with E-state index in [0.29, 0.717) is 0 Å². The predicted octanol–water partition coefficient (Wildman–Crippen LogP) is 1.16. The Balaban J connectivity index is 2.48. The topological polar surface area (TPSA) is 25.4 Å². The molecule has 1 aromatic rings. The summed E-state index contributed by atoms with van der Waals surface area (Å²) in [6, 6.07) is 5.87. The number of rotatable bonds is 4. The zero-order valence-electron chi connectivity index (χ0n) is 7.53. The van der Waals surface area contributed by atoms with Crippen molar-refractivity contribution in [1.82, 2.24) is 4.98 Å². The molecule has 0 aliphatic rings. The molecule has 0 aromatic carbocycles. The van der Waals surface area contributed by atoms with Crippen molar-refractivity contribution in [2.75, 3.05) is 32.2 Å². The van der Waals surface area contributed by atoms with Crippen LogP contribution in [0.5, 0.6) is 0 Å². The lowest BCUT2D eigenvalue weighted by Crippen LogP contribution is -2.22. The first kappa shape index (κ1) is 9.00. The van der Waals surface area contributed by atoms with Gasteiger partial charge in [0.05, 0.1) is 6.61 Å². The van der Waals surface area contributed by atoms with Crippen LogP contribution in [-0.2, 0) is 4.74 Å². The minimum absolute atomic E-state index is 0.729. The number of aromatic nitrogens is 1. The number of ether oxygens (including phenoxy) is 1. The lowest BCUT2D eigenvalue weighted by atomic mass is 10.4. The van der Waals surface area contributed by atoms with Crippen LogP contribution >= 0.6 is 0 Å². The van der Waals surface area contributed by atoms with Gasteiger partial charge in [-0.25, -0.2) is 4.98 Å². The molecule has 1 heterocycles.